The Bertz CT molecular complexity index is 83.3. The fourth-order valence-corrected chi connectivity index (χ4v) is 1.08. The van der Waals surface area contributed by atoms with Gasteiger partial charge in [0.15, 0.2) is 0 Å². The molecule has 3 unspecified atom stereocenters. The summed E-state index contributed by atoms with van der Waals surface area (Å²) in [4.78, 5) is 0. The van der Waals surface area contributed by atoms with Gasteiger partial charge in [0.05, 0.1) is 6.10 Å². The second-order valence-electron chi connectivity index (χ2n) is 2.93. The molecular weight excluding hydrogens is 131 g/mol. The van der Waals surface area contributed by atoms with E-state index >= 15 is 0 Å². The molecule has 1 nitrogen and oxygen atoms in total. The summed E-state index contributed by atoms with van der Waals surface area (Å²) in [5.74, 6) is 0.0880. The van der Waals surface area contributed by atoms with Crippen molar-refractivity contribution in [2.45, 2.75) is 45.9 Å². The van der Waals surface area contributed by atoms with Crippen LogP contribution in [0.2, 0.25) is 0 Å². The van der Waals surface area contributed by atoms with Crippen molar-refractivity contribution in [3.05, 3.63) is 0 Å². The zero-order chi connectivity index (χ0) is 8.15. The molecule has 0 fully saturated rings. The van der Waals surface area contributed by atoms with Crippen molar-refractivity contribution >= 4 is 0 Å². The molecule has 0 bridgehead atoms. The lowest BCUT2D eigenvalue weighted by Gasteiger charge is -2.18. The van der Waals surface area contributed by atoms with Crippen LogP contribution in [0.15, 0.2) is 0 Å². The summed E-state index contributed by atoms with van der Waals surface area (Å²) < 4.78 is 12.4. The average Bonchev–Trinajstić information content (AvgIpc) is 1.87. The largest absolute Gasteiger partial charge is 0.390 e. The van der Waals surface area contributed by atoms with E-state index in [2.05, 4.69) is 0 Å². The molecule has 1 N–H and O–H groups in total. The molecule has 0 aromatic carbocycles. The maximum Gasteiger partial charge on any atom is 0.123 e. The Morgan fingerprint density at radius 3 is 2.20 bits per heavy atom. The quantitative estimate of drug-likeness (QED) is 0.647. The maximum absolute atomic E-state index is 12.4. The fourth-order valence-electron chi connectivity index (χ4n) is 1.08. The van der Waals surface area contributed by atoms with E-state index in [1.807, 2.05) is 13.8 Å². The molecule has 0 spiro atoms. The van der Waals surface area contributed by atoms with Crippen LogP contribution < -0.4 is 0 Å². The van der Waals surface area contributed by atoms with E-state index in [1.54, 1.807) is 0 Å². The number of rotatable bonds is 4. The van der Waals surface area contributed by atoms with E-state index < -0.39 is 12.3 Å². The van der Waals surface area contributed by atoms with Crippen LogP contribution in [-0.4, -0.2) is 17.4 Å². The van der Waals surface area contributed by atoms with Crippen LogP contribution in [-0.2, 0) is 0 Å². The third kappa shape index (κ3) is 3.16. The highest BCUT2D eigenvalue weighted by molar-refractivity contribution is 4.68. The highest BCUT2D eigenvalue weighted by Crippen LogP contribution is 2.14. The van der Waals surface area contributed by atoms with Crippen molar-refractivity contribution in [2.75, 3.05) is 0 Å². The lowest BCUT2D eigenvalue weighted by molar-refractivity contribution is 0.0404. The molecule has 0 aliphatic heterocycles. The molecule has 0 saturated heterocycles. The highest BCUT2D eigenvalue weighted by Gasteiger charge is 2.19. The maximum atomic E-state index is 12.4. The summed E-state index contributed by atoms with van der Waals surface area (Å²) >= 11 is 0. The first-order chi connectivity index (χ1) is 4.59. The van der Waals surface area contributed by atoms with Gasteiger partial charge in [-0.15, -0.1) is 0 Å². The standard InChI is InChI=1S/C8H17FO/c1-4-5-6(2)8(10)7(3)9/h6-8,10H,4-5H2,1-3H3. The van der Waals surface area contributed by atoms with Gasteiger partial charge in [0, 0.05) is 0 Å². The molecule has 62 valence electrons. The lowest BCUT2D eigenvalue weighted by Crippen LogP contribution is -2.26. The Balaban J connectivity index is 3.58. The lowest BCUT2D eigenvalue weighted by atomic mass is 9.97. The van der Waals surface area contributed by atoms with Crippen molar-refractivity contribution < 1.29 is 9.50 Å². The van der Waals surface area contributed by atoms with Crippen molar-refractivity contribution in [3.63, 3.8) is 0 Å². The number of alkyl halides is 1. The molecule has 2 heteroatoms. The Hall–Kier alpha value is -0.110. The summed E-state index contributed by atoms with van der Waals surface area (Å²) in [5, 5.41) is 9.15. The summed E-state index contributed by atoms with van der Waals surface area (Å²) in [5.41, 5.74) is 0. The zero-order valence-electron chi connectivity index (χ0n) is 6.97. The van der Waals surface area contributed by atoms with Crippen LogP contribution in [0.4, 0.5) is 4.39 Å². The van der Waals surface area contributed by atoms with Gasteiger partial charge in [0.1, 0.15) is 6.17 Å². The second kappa shape index (κ2) is 4.67. The molecule has 0 aromatic rings. The molecule has 0 radical (unpaired) electrons. The molecule has 10 heavy (non-hydrogen) atoms. The first kappa shape index (κ1) is 9.89. The topological polar surface area (TPSA) is 20.2 Å². The van der Waals surface area contributed by atoms with Crippen LogP contribution in [0.25, 0.3) is 0 Å². The number of hydrogen-bond acceptors (Lipinski definition) is 1. The van der Waals surface area contributed by atoms with E-state index in [1.165, 1.54) is 6.92 Å². The zero-order valence-corrected chi connectivity index (χ0v) is 6.97. The third-order valence-electron chi connectivity index (χ3n) is 1.80. The summed E-state index contributed by atoms with van der Waals surface area (Å²) in [6, 6.07) is 0. The number of aliphatic hydroxyl groups is 1. The number of hydrogen-bond donors (Lipinski definition) is 1. The predicted octanol–water partition coefficient (Wildman–Crippen LogP) is 2.14. The first-order valence-electron chi connectivity index (χ1n) is 3.91. The van der Waals surface area contributed by atoms with Gasteiger partial charge in [0.25, 0.3) is 0 Å². The van der Waals surface area contributed by atoms with Gasteiger partial charge in [-0.3, -0.25) is 0 Å². The van der Waals surface area contributed by atoms with Gasteiger partial charge in [-0.05, 0) is 19.3 Å². The van der Waals surface area contributed by atoms with Crippen LogP contribution in [0.5, 0.6) is 0 Å². The van der Waals surface area contributed by atoms with Crippen LogP contribution in [0.1, 0.15) is 33.6 Å². The van der Waals surface area contributed by atoms with Gasteiger partial charge >= 0.3 is 0 Å². The molecular formula is C8H17FO. The molecule has 3 atom stereocenters. The minimum atomic E-state index is -1.10. The SMILES string of the molecule is CCCC(C)C(O)C(C)F. The molecule has 0 aliphatic rings. The Kier molecular flexibility index (Phi) is 4.62. The summed E-state index contributed by atoms with van der Waals surface area (Å²) in [6.07, 6.45) is 0.0295. The van der Waals surface area contributed by atoms with Crippen molar-refractivity contribution in [3.8, 4) is 0 Å². The fraction of sp³-hybridized carbons (Fsp3) is 1.00. The smallest absolute Gasteiger partial charge is 0.123 e. The van der Waals surface area contributed by atoms with Gasteiger partial charge in [-0.2, -0.15) is 0 Å². The first-order valence-corrected chi connectivity index (χ1v) is 3.91. The molecule has 0 aliphatic carbocycles. The van der Waals surface area contributed by atoms with Crippen LogP contribution in [0, 0.1) is 5.92 Å². The summed E-state index contributed by atoms with van der Waals surface area (Å²) in [6.45, 7) is 5.31. The van der Waals surface area contributed by atoms with Crippen LogP contribution in [0.3, 0.4) is 0 Å². The van der Waals surface area contributed by atoms with E-state index in [0.29, 0.717) is 0 Å². The van der Waals surface area contributed by atoms with Crippen LogP contribution >= 0.6 is 0 Å². The Labute approximate surface area is 62.3 Å². The molecule has 0 amide bonds. The third-order valence-corrected chi connectivity index (χ3v) is 1.80. The van der Waals surface area contributed by atoms with Crippen molar-refractivity contribution in [1.82, 2.24) is 0 Å². The Morgan fingerprint density at radius 2 is 1.90 bits per heavy atom. The monoisotopic (exact) mass is 148 g/mol. The van der Waals surface area contributed by atoms with E-state index in [0.717, 1.165) is 12.8 Å². The summed E-state index contributed by atoms with van der Waals surface area (Å²) in [7, 11) is 0. The van der Waals surface area contributed by atoms with E-state index in [4.69, 9.17) is 5.11 Å². The van der Waals surface area contributed by atoms with Gasteiger partial charge in [0.2, 0.25) is 0 Å². The van der Waals surface area contributed by atoms with E-state index in [9.17, 15) is 4.39 Å². The van der Waals surface area contributed by atoms with Gasteiger partial charge in [-0.25, -0.2) is 4.39 Å². The second-order valence-corrected chi connectivity index (χ2v) is 2.93. The minimum Gasteiger partial charge on any atom is -0.390 e. The van der Waals surface area contributed by atoms with Gasteiger partial charge in [-0.1, -0.05) is 20.3 Å². The molecule has 0 saturated carbocycles. The normalized spacial score (nSPS) is 20.1. The van der Waals surface area contributed by atoms with Crippen molar-refractivity contribution in [1.29, 1.82) is 0 Å². The minimum absolute atomic E-state index is 0.0880. The molecule has 0 heterocycles. The molecule has 0 rings (SSSR count). The predicted molar refractivity (Wildman–Crippen MR) is 40.6 cm³/mol. The highest BCUT2D eigenvalue weighted by atomic mass is 19.1. The average molecular weight is 148 g/mol. The molecule has 0 aromatic heterocycles. The number of halogens is 1. The van der Waals surface area contributed by atoms with Crippen molar-refractivity contribution in [2.24, 2.45) is 5.92 Å². The van der Waals surface area contributed by atoms with Gasteiger partial charge < -0.3 is 5.11 Å². The Morgan fingerprint density at radius 1 is 1.40 bits per heavy atom. The number of aliphatic hydroxyl groups excluding tert-OH is 1. The van der Waals surface area contributed by atoms with E-state index in [-0.39, 0.29) is 5.92 Å².